The summed E-state index contributed by atoms with van der Waals surface area (Å²) in [4.78, 5) is 33.6. The maximum Gasteiger partial charge on any atom is 0.494 e. The van der Waals surface area contributed by atoms with Crippen molar-refractivity contribution in [3.8, 4) is 22.6 Å². The van der Waals surface area contributed by atoms with Gasteiger partial charge in [0.05, 0.1) is 25.4 Å². The maximum absolute atomic E-state index is 10.6. The first-order chi connectivity index (χ1) is 22.7. The second-order valence-corrected chi connectivity index (χ2v) is 13.2. The van der Waals surface area contributed by atoms with Crippen molar-refractivity contribution < 1.29 is 28.4 Å². The molecule has 1 fully saturated rings. The van der Waals surface area contributed by atoms with E-state index < -0.39 is 0 Å². The molecule has 2 aromatic carbocycles. The van der Waals surface area contributed by atoms with Crippen LogP contribution in [0.5, 0.6) is 11.5 Å². The molecule has 0 amide bonds. The molecule has 0 bridgehead atoms. The van der Waals surface area contributed by atoms with Gasteiger partial charge in [-0.3, -0.25) is 9.59 Å². The lowest BCUT2D eigenvalue weighted by atomic mass is 9.79. The predicted octanol–water partition coefficient (Wildman–Crippen LogP) is 6.35. The number of rotatable bonds is 8. The summed E-state index contributed by atoms with van der Waals surface area (Å²) >= 11 is 3.33. The van der Waals surface area contributed by atoms with Gasteiger partial charge in [-0.25, -0.2) is 9.97 Å². The number of ether oxygens (including phenoxy) is 2. The lowest BCUT2D eigenvalue weighted by molar-refractivity contribution is 0.00578. The van der Waals surface area contributed by atoms with Gasteiger partial charge < -0.3 is 28.6 Å². The van der Waals surface area contributed by atoms with E-state index in [1.807, 2.05) is 102 Å². The van der Waals surface area contributed by atoms with Crippen molar-refractivity contribution in [3.63, 3.8) is 0 Å². The van der Waals surface area contributed by atoms with E-state index in [0.717, 1.165) is 56.8 Å². The van der Waals surface area contributed by atoms with Crippen LogP contribution in [0.3, 0.4) is 0 Å². The number of hydrogen-bond acceptors (Lipinski definition) is 10. The lowest BCUT2D eigenvalue weighted by Gasteiger charge is -2.32. The van der Waals surface area contributed by atoms with E-state index in [9.17, 15) is 9.59 Å². The monoisotopic (exact) mass is 718 g/mol. The normalized spacial score (nSPS) is 14.0. The Kier molecular flexibility index (Phi) is 13.3. The van der Waals surface area contributed by atoms with Crippen LogP contribution in [0, 0.1) is 0 Å². The maximum atomic E-state index is 10.6. The number of carbonyl (C=O) groups is 2. The van der Waals surface area contributed by atoms with Crippen LogP contribution in [0.4, 0.5) is 11.6 Å². The van der Waals surface area contributed by atoms with E-state index in [1.165, 1.54) is 0 Å². The van der Waals surface area contributed by atoms with Gasteiger partial charge in [0.25, 0.3) is 0 Å². The highest BCUT2D eigenvalue weighted by Gasteiger charge is 2.51. The van der Waals surface area contributed by atoms with Crippen molar-refractivity contribution in [3.05, 3.63) is 88.7 Å². The van der Waals surface area contributed by atoms with Crippen LogP contribution in [0.25, 0.3) is 11.1 Å². The average Bonchev–Trinajstić information content (AvgIpc) is 3.30. The molecule has 0 spiro atoms. The van der Waals surface area contributed by atoms with E-state index in [0.29, 0.717) is 11.1 Å². The Balaban J connectivity index is 0.000000200. The number of benzene rings is 2. The van der Waals surface area contributed by atoms with Gasteiger partial charge in [0.15, 0.2) is 23.1 Å². The molecule has 0 unspecified atom stereocenters. The fourth-order valence-corrected chi connectivity index (χ4v) is 4.76. The quantitative estimate of drug-likeness (QED) is 0.151. The molecule has 2 aromatic heterocycles. The molecule has 0 saturated carbocycles. The van der Waals surface area contributed by atoms with Crippen LogP contribution in [0.1, 0.15) is 48.4 Å². The smallest absolute Gasteiger partial charge is 0.493 e. The summed E-state index contributed by atoms with van der Waals surface area (Å²) in [5.41, 5.74) is 3.55. The fourth-order valence-electron chi connectivity index (χ4n) is 4.45. The third-order valence-corrected chi connectivity index (χ3v) is 8.33. The molecule has 1 aliphatic heterocycles. The number of carbonyl (C=O) groups excluding carboxylic acids is 2. The summed E-state index contributed by atoms with van der Waals surface area (Å²) in [5.74, 6) is 3.12. The Labute approximate surface area is 292 Å². The third-order valence-electron chi connectivity index (χ3n) is 7.90. The Morgan fingerprint density at radius 2 is 1.12 bits per heavy atom. The molecule has 4 aromatic rings. The van der Waals surface area contributed by atoms with Crippen LogP contribution >= 0.6 is 15.9 Å². The molecule has 0 aliphatic carbocycles. The molecule has 3 heterocycles. The number of methoxy groups -OCH3 is 2. The number of halogens is 1. The van der Waals surface area contributed by atoms with Gasteiger partial charge in [-0.1, -0.05) is 48.5 Å². The number of pyridine rings is 2. The van der Waals surface area contributed by atoms with Crippen molar-refractivity contribution >= 4 is 52.7 Å². The zero-order valence-corrected chi connectivity index (χ0v) is 30.9. The molecule has 12 heteroatoms. The zero-order valence-electron chi connectivity index (χ0n) is 29.3. The topological polar surface area (TPSA) is 103 Å². The van der Waals surface area contributed by atoms with E-state index in [2.05, 4.69) is 25.9 Å². The largest absolute Gasteiger partial charge is 0.494 e. The molecule has 0 N–H and O–H groups in total. The summed E-state index contributed by atoms with van der Waals surface area (Å²) in [6.07, 6.45) is 5.21. The Bertz CT molecular complexity index is 1650. The van der Waals surface area contributed by atoms with Gasteiger partial charge in [-0.2, -0.15) is 0 Å². The number of aldehydes is 2. The molecule has 1 saturated heterocycles. The van der Waals surface area contributed by atoms with Gasteiger partial charge in [0.1, 0.15) is 12.6 Å². The van der Waals surface area contributed by atoms with Crippen LogP contribution in [0.15, 0.2) is 77.5 Å². The predicted molar refractivity (Wildman–Crippen MR) is 196 cm³/mol. The fraction of sp³-hybridized carbons (Fsp3) is 0.333. The van der Waals surface area contributed by atoms with E-state index in [-0.39, 0.29) is 18.3 Å². The molecular formula is C36H44BBrN4O6. The molecule has 5 rings (SSSR count). The number of nitrogens with zero attached hydrogens (tertiary/aromatic N) is 4. The zero-order chi connectivity index (χ0) is 35.6. The van der Waals surface area contributed by atoms with Crippen LogP contribution < -0.4 is 24.7 Å². The Hall–Kier alpha value is -4.26. The Morgan fingerprint density at radius 1 is 0.688 bits per heavy atom. The van der Waals surface area contributed by atoms with Gasteiger partial charge in [-0.15, -0.1) is 0 Å². The minimum atomic E-state index is -0.360. The molecule has 254 valence electrons. The number of aromatic nitrogens is 2. The van der Waals surface area contributed by atoms with Gasteiger partial charge in [0.2, 0.25) is 0 Å². The second-order valence-electron chi connectivity index (χ2n) is 12.3. The second kappa shape index (κ2) is 16.7. The Morgan fingerprint density at radius 3 is 1.56 bits per heavy atom. The molecule has 10 nitrogen and oxygen atoms in total. The lowest BCUT2D eigenvalue weighted by Crippen LogP contribution is -2.41. The highest BCUT2D eigenvalue weighted by Crippen LogP contribution is 2.36. The van der Waals surface area contributed by atoms with E-state index >= 15 is 0 Å². The van der Waals surface area contributed by atoms with Crippen molar-refractivity contribution in [1.29, 1.82) is 0 Å². The van der Waals surface area contributed by atoms with E-state index in [1.54, 1.807) is 50.9 Å². The van der Waals surface area contributed by atoms with Gasteiger partial charge >= 0.3 is 7.12 Å². The summed E-state index contributed by atoms with van der Waals surface area (Å²) in [5, 5.41) is 0. The highest BCUT2D eigenvalue weighted by atomic mass is 79.9. The first kappa shape index (κ1) is 38.2. The minimum absolute atomic E-state index is 0.332. The van der Waals surface area contributed by atoms with Crippen molar-refractivity contribution in [2.24, 2.45) is 0 Å². The molecule has 0 atom stereocenters. The standard InChI is InChI=1S/C15H16N2O2.C13H17BO3.C8H11BrN2O/c1-17(2)15-14(19-3)8-13(9-16-15)12-6-4-11(10-18)5-7-12;1-12(2)13(3,4)17-14(16-12)11-7-5-10(9-15)6-8-11;1-11(2)8-7(12-3)4-6(9)5-10-8/h4-10H,1-3H3;5-9H,1-4H3;4-5H,1-3H3. The van der Waals surface area contributed by atoms with Crippen LogP contribution in [0.2, 0.25) is 0 Å². The van der Waals surface area contributed by atoms with Gasteiger partial charge in [0, 0.05) is 61.7 Å². The summed E-state index contributed by atoms with van der Waals surface area (Å²) in [6.45, 7) is 8.08. The SMILES string of the molecule is CC1(C)OB(c2ccc(C=O)cc2)OC1(C)C.COc1cc(-c2ccc(C=O)cc2)cnc1N(C)C.COc1cc(Br)cnc1N(C)C. The van der Waals surface area contributed by atoms with Crippen LogP contribution in [-0.2, 0) is 9.31 Å². The number of hydrogen-bond donors (Lipinski definition) is 0. The van der Waals surface area contributed by atoms with Crippen LogP contribution in [-0.4, -0.2) is 83.3 Å². The molecule has 0 radical (unpaired) electrons. The summed E-state index contributed by atoms with van der Waals surface area (Å²) in [7, 11) is 10.6. The number of anilines is 2. The van der Waals surface area contributed by atoms with Gasteiger partial charge in [-0.05, 0) is 66.8 Å². The van der Waals surface area contributed by atoms with Crippen molar-refractivity contribution in [2.45, 2.75) is 38.9 Å². The molecule has 48 heavy (non-hydrogen) atoms. The molecular weight excluding hydrogens is 675 g/mol. The molecule has 1 aliphatic rings. The summed E-state index contributed by atoms with van der Waals surface area (Å²) in [6, 6.07) is 18.5. The van der Waals surface area contributed by atoms with Crippen molar-refractivity contribution in [2.75, 3.05) is 52.2 Å². The highest BCUT2D eigenvalue weighted by molar-refractivity contribution is 9.10. The van der Waals surface area contributed by atoms with E-state index in [4.69, 9.17) is 18.8 Å². The first-order valence-electron chi connectivity index (χ1n) is 15.2. The minimum Gasteiger partial charge on any atom is -0.493 e. The average molecular weight is 719 g/mol. The first-order valence-corrected chi connectivity index (χ1v) is 16.0. The third kappa shape index (κ3) is 9.65. The summed E-state index contributed by atoms with van der Waals surface area (Å²) < 4.78 is 23.3. The van der Waals surface area contributed by atoms with Crippen molar-refractivity contribution in [1.82, 2.24) is 9.97 Å².